The fourth-order valence-electron chi connectivity index (χ4n) is 2.35. The van der Waals surface area contributed by atoms with Crippen LogP contribution in [0.1, 0.15) is 57.8 Å². The average Bonchev–Trinajstić information content (AvgIpc) is 2.50. The number of benzene rings is 1. The lowest BCUT2D eigenvalue weighted by atomic mass is 10.0. The minimum Gasteiger partial charge on any atom is -0.352 e. The van der Waals surface area contributed by atoms with Gasteiger partial charge < -0.3 is 10.6 Å². The molecule has 0 aliphatic carbocycles. The molecule has 134 valence electrons. The van der Waals surface area contributed by atoms with Gasteiger partial charge >= 0.3 is 0 Å². The van der Waals surface area contributed by atoms with E-state index >= 15 is 0 Å². The van der Waals surface area contributed by atoms with E-state index in [1.807, 2.05) is 20.8 Å². The highest BCUT2D eigenvalue weighted by Gasteiger charge is 2.25. The molecule has 0 radical (unpaired) electrons. The molecule has 5 heteroatoms. The summed E-state index contributed by atoms with van der Waals surface area (Å²) >= 11 is 0. The van der Waals surface area contributed by atoms with Crippen LogP contribution >= 0.6 is 0 Å². The van der Waals surface area contributed by atoms with Crippen LogP contribution < -0.4 is 10.6 Å². The normalized spacial score (nSPS) is 13.7. The van der Waals surface area contributed by atoms with Gasteiger partial charge in [0.15, 0.2) is 0 Å². The highest BCUT2D eigenvalue weighted by molar-refractivity contribution is 5.97. The zero-order valence-corrected chi connectivity index (χ0v) is 15.2. The average molecular weight is 336 g/mol. The summed E-state index contributed by atoms with van der Waals surface area (Å²) in [5.74, 6) is -0.422. The molecule has 0 aromatic heterocycles. The molecular formula is C19H29FN2O2. The predicted octanol–water partition coefficient (Wildman–Crippen LogP) is 3.52. The third-order valence-electron chi connectivity index (χ3n) is 3.91. The van der Waals surface area contributed by atoms with E-state index in [-0.39, 0.29) is 23.8 Å². The molecule has 0 bridgehead atoms. The lowest BCUT2D eigenvalue weighted by molar-refractivity contribution is -0.124. The fourth-order valence-corrected chi connectivity index (χ4v) is 2.35. The molecule has 0 aliphatic heterocycles. The van der Waals surface area contributed by atoms with Crippen molar-refractivity contribution >= 4 is 11.8 Å². The Balaban J connectivity index is 2.67. The van der Waals surface area contributed by atoms with E-state index in [1.54, 1.807) is 0 Å². The summed E-state index contributed by atoms with van der Waals surface area (Å²) in [7, 11) is 0. The van der Waals surface area contributed by atoms with Crippen LogP contribution in [0.5, 0.6) is 0 Å². The molecule has 4 nitrogen and oxygen atoms in total. The van der Waals surface area contributed by atoms with Crippen molar-refractivity contribution in [2.45, 2.75) is 59.5 Å². The van der Waals surface area contributed by atoms with E-state index in [0.717, 1.165) is 12.8 Å². The van der Waals surface area contributed by atoms with E-state index in [1.165, 1.54) is 24.3 Å². The van der Waals surface area contributed by atoms with Gasteiger partial charge in [-0.05, 0) is 55.9 Å². The largest absolute Gasteiger partial charge is 0.352 e. The van der Waals surface area contributed by atoms with Crippen LogP contribution in [0.25, 0.3) is 0 Å². The molecule has 24 heavy (non-hydrogen) atoms. The monoisotopic (exact) mass is 336 g/mol. The number of hydrogen-bond donors (Lipinski definition) is 2. The Kier molecular flexibility index (Phi) is 7.89. The van der Waals surface area contributed by atoms with E-state index in [4.69, 9.17) is 0 Å². The Labute approximate surface area is 144 Å². The van der Waals surface area contributed by atoms with Crippen molar-refractivity contribution < 1.29 is 14.0 Å². The van der Waals surface area contributed by atoms with Crippen molar-refractivity contribution in [3.8, 4) is 0 Å². The Hall–Kier alpha value is -1.91. The van der Waals surface area contributed by atoms with Crippen LogP contribution in [0.15, 0.2) is 24.3 Å². The first-order chi connectivity index (χ1) is 11.2. The summed E-state index contributed by atoms with van der Waals surface area (Å²) in [6.07, 6.45) is 1.94. The van der Waals surface area contributed by atoms with Gasteiger partial charge in [-0.15, -0.1) is 0 Å². The maximum Gasteiger partial charge on any atom is 0.251 e. The minimum atomic E-state index is -0.621. The zero-order valence-electron chi connectivity index (χ0n) is 15.2. The van der Waals surface area contributed by atoms with Crippen LogP contribution in [-0.2, 0) is 4.79 Å². The number of nitrogens with one attached hydrogen (secondary N) is 2. The molecule has 1 aromatic carbocycles. The first-order valence-corrected chi connectivity index (χ1v) is 8.57. The molecule has 1 unspecified atom stereocenters. The van der Waals surface area contributed by atoms with E-state index in [0.29, 0.717) is 11.5 Å². The molecule has 2 atom stereocenters. The Morgan fingerprint density at radius 3 is 2.04 bits per heavy atom. The second-order valence-electron chi connectivity index (χ2n) is 7.08. The number of rotatable bonds is 8. The van der Waals surface area contributed by atoms with Gasteiger partial charge in [-0.3, -0.25) is 9.59 Å². The van der Waals surface area contributed by atoms with Crippen LogP contribution in [0, 0.1) is 17.7 Å². The van der Waals surface area contributed by atoms with Gasteiger partial charge in [-0.25, -0.2) is 4.39 Å². The van der Waals surface area contributed by atoms with Gasteiger partial charge in [-0.2, -0.15) is 0 Å². The van der Waals surface area contributed by atoms with Crippen molar-refractivity contribution in [3.63, 3.8) is 0 Å². The second kappa shape index (κ2) is 9.40. The zero-order chi connectivity index (χ0) is 18.3. The maximum atomic E-state index is 12.9. The van der Waals surface area contributed by atoms with Crippen molar-refractivity contribution in [1.29, 1.82) is 0 Å². The number of amides is 2. The third kappa shape index (κ3) is 6.69. The second-order valence-corrected chi connectivity index (χ2v) is 7.08. The number of hydrogen-bond acceptors (Lipinski definition) is 2. The van der Waals surface area contributed by atoms with Gasteiger partial charge in [0.1, 0.15) is 11.9 Å². The van der Waals surface area contributed by atoms with Crippen molar-refractivity contribution in [2.24, 2.45) is 11.8 Å². The molecule has 1 aromatic rings. The van der Waals surface area contributed by atoms with Crippen molar-refractivity contribution in [3.05, 3.63) is 35.6 Å². The first-order valence-electron chi connectivity index (χ1n) is 8.57. The summed E-state index contributed by atoms with van der Waals surface area (Å²) in [5, 5.41) is 5.72. The molecular weight excluding hydrogens is 307 g/mol. The minimum absolute atomic E-state index is 0.0494. The summed E-state index contributed by atoms with van der Waals surface area (Å²) in [5.41, 5.74) is 0.336. The lowest BCUT2D eigenvalue weighted by Gasteiger charge is -2.24. The number of carbonyl (C=O) groups excluding carboxylic acids is 2. The predicted molar refractivity (Wildman–Crippen MR) is 94.2 cm³/mol. The van der Waals surface area contributed by atoms with Crippen molar-refractivity contribution in [1.82, 2.24) is 10.6 Å². The molecule has 0 spiro atoms. The Morgan fingerprint density at radius 2 is 1.54 bits per heavy atom. The SMILES string of the molecule is CC(C)CCC(C)NC(=O)[C@@H](NC(=O)c1ccc(F)cc1)C(C)C. The number of carbonyl (C=O) groups is 2. The highest BCUT2D eigenvalue weighted by Crippen LogP contribution is 2.09. The summed E-state index contributed by atoms with van der Waals surface area (Å²) in [6, 6.07) is 4.71. The number of halogens is 1. The quantitative estimate of drug-likeness (QED) is 0.763. The molecule has 0 aliphatic rings. The summed E-state index contributed by atoms with van der Waals surface area (Å²) in [6.45, 7) is 10.0. The summed E-state index contributed by atoms with van der Waals surface area (Å²) in [4.78, 5) is 24.7. The van der Waals surface area contributed by atoms with Crippen molar-refractivity contribution in [2.75, 3.05) is 0 Å². The Morgan fingerprint density at radius 1 is 0.958 bits per heavy atom. The Bertz CT molecular complexity index is 541. The smallest absolute Gasteiger partial charge is 0.251 e. The molecule has 2 N–H and O–H groups in total. The molecule has 0 heterocycles. The molecule has 2 amide bonds. The van der Waals surface area contributed by atoms with Crippen LogP contribution in [0.3, 0.4) is 0 Å². The van der Waals surface area contributed by atoms with E-state index < -0.39 is 11.9 Å². The van der Waals surface area contributed by atoms with Crippen LogP contribution in [0.2, 0.25) is 0 Å². The third-order valence-corrected chi connectivity index (χ3v) is 3.91. The van der Waals surface area contributed by atoms with Gasteiger partial charge in [0, 0.05) is 11.6 Å². The van der Waals surface area contributed by atoms with E-state index in [9.17, 15) is 14.0 Å². The fraction of sp³-hybridized carbons (Fsp3) is 0.579. The van der Waals surface area contributed by atoms with Crippen LogP contribution in [0.4, 0.5) is 4.39 Å². The molecule has 0 saturated heterocycles. The highest BCUT2D eigenvalue weighted by atomic mass is 19.1. The maximum absolute atomic E-state index is 12.9. The molecule has 0 fully saturated rings. The van der Waals surface area contributed by atoms with E-state index in [2.05, 4.69) is 24.5 Å². The van der Waals surface area contributed by atoms with Gasteiger partial charge in [0.05, 0.1) is 0 Å². The van der Waals surface area contributed by atoms with Gasteiger partial charge in [0.2, 0.25) is 5.91 Å². The van der Waals surface area contributed by atoms with Crippen LogP contribution in [-0.4, -0.2) is 23.9 Å². The molecule has 1 rings (SSSR count). The molecule has 0 saturated carbocycles. The standard InChI is InChI=1S/C19H29FN2O2/c1-12(2)6-7-14(5)21-19(24)17(13(3)4)22-18(23)15-8-10-16(20)11-9-15/h8-14,17H,6-7H2,1-5H3,(H,21,24)(H,22,23)/t14?,17-/m0/s1. The lowest BCUT2D eigenvalue weighted by Crippen LogP contribution is -2.51. The van der Waals surface area contributed by atoms with Gasteiger partial charge in [-0.1, -0.05) is 27.7 Å². The summed E-state index contributed by atoms with van der Waals surface area (Å²) < 4.78 is 12.9. The van der Waals surface area contributed by atoms with Gasteiger partial charge in [0.25, 0.3) is 5.91 Å². The topological polar surface area (TPSA) is 58.2 Å². The first kappa shape index (κ1) is 20.1.